The second-order valence-corrected chi connectivity index (χ2v) is 5.30. The third-order valence-corrected chi connectivity index (χ3v) is 3.66. The first-order chi connectivity index (χ1) is 10.6. The predicted octanol–water partition coefficient (Wildman–Crippen LogP) is 2.23. The predicted molar refractivity (Wildman–Crippen MR) is 81.7 cm³/mol. The minimum atomic E-state index is -1.23. The van der Waals surface area contributed by atoms with Crippen molar-refractivity contribution in [2.24, 2.45) is 0 Å². The SMILES string of the molecule is CCCCCC(=O)N([O-])[C@H]1CC(=O)N(c2ccccc2)C1=O. The number of carbonyl (C=O) groups is 3. The van der Waals surface area contributed by atoms with Crippen LogP contribution >= 0.6 is 0 Å². The van der Waals surface area contributed by atoms with Crippen LogP contribution in [0, 0.1) is 5.21 Å². The van der Waals surface area contributed by atoms with Crippen molar-refractivity contribution in [1.29, 1.82) is 0 Å². The van der Waals surface area contributed by atoms with Crippen LogP contribution in [0.15, 0.2) is 30.3 Å². The van der Waals surface area contributed by atoms with Gasteiger partial charge in [0.1, 0.15) is 6.04 Å². The van der Waals surface area contributed by atoms with Gasteiger partial charge < -0.3 is 10.3 Å². The first-order valence-electron chi connectivity index (χ1n) is 7.47. The highest BCUT2D eigenvalue weighted by Gasteiger charge is 2.41. The van der Waals surface area contributed by atoms with E-state index in [4.69, 9.17) is 0 Å². The molecule has 22 heavy (non-hydrogen) atoms. The molecule has 3 amide bonds. The fraction of sp³-hybridized carbons (Fsp3) is 0.438. The third-order valence-electron chi connectivity index (χ3n) is 3.66. The lowest BCUT2D eigenvalue weighted by atomic mass is 10.1. The van der Waals surface area contributed by atoms with Crippen LogP contribution in [0.25, 0.3) is 0 Å². The molecule has 1 aromatic rings. The molecular formula is C16H19N2O4-. The normalized spacial score (nSPS) is 17.9. The van der Waals surface area contributed by atoms with E-state index in [1.54, 1.807) is 30.3 Å². The Bertz CT molecular complexity index is 559. The van der Waals surface area contributed by atoms with Crippen LogP contribution in [0.1, 0.15) is 39.0 Å². The van der Waals surface area contributed by atoms with Crippen LogP contribution in [-0.4, -0.2) is 28.8 Å². The van der Waals surface area contributed by atoms with Crippen molar-refractivity contribution >= 4 is 23.4 Å². The maximum atomic E-state index is 12.3. The highest BCUT2D eigenvalue weighted by molar-refractivity contribution is 6.23. The molecule has 2 rings (SSSR count). The van der Waals surface area contributed by atoms with Crippen molar-refractivity contribution in [1.82, 2.24) is 5.06 Å². The van der Waals surface area contributed by atoms with Crippen molar-refractivity contribution < 1.29 is 14.4 Å². The topological polar surface area (TPSA) is 80.8 Å². The molecule has 0 N–H and O–H groups in total. The zero-order valence-electron chi connectivity index (χ0n) is 12.5. The lowest BCUT2D eigenvalue weighted by Gasteiger charge is -2.33. The monoisotopic (exact) mass is 303 g/mol. The van der Waals surface area contributed by atoms with Gasteiger partial charge in [-0.1, -0.05) is 38.0 Å². The number of hydrogen-bond acceptors (Lipinski definition) is 4. The Balaban J connectivity index is 2.06. The van der Waals surface area contributed by atoms with Crippen molar-refractivity contribution in [2.45, 2.75) is 45.1 Å². The van der Waals surface area contributed by atoms with E-state index in [0.717, 1.165) is 17.7 Å². The summed E-state index contributed by atoms with van der Waals surface area (Å²) in [5, 5.41) is 12.2. The second kappa shape index (κ2) is 7.17. The summed E-state index contributed by atoms with van der Waals surface area (Å²) in [6, 6.07) is 7.18. The zero-order valence-corrected chi connectivity index (χ0v) is 12.5. The Hall–Kier alpha value is -2.21. The summed E-state index contributed by atoms with van der Waals surface area (Å²) in [5.41, 5.74) is 0.423. The van der Waals surface area contributed by atoms with Crippen molar-refractivity contribution in [3.63, 3.8) is 0 Å². The molecule has 0 radical (unpaired) electrons. The molecule has 1 atom stereocenters. The Labute approximate surface area is 129 Å². The van der Waals surface area contributed by atoms with Gasteiger partial charge in [-0.2, -0.15) is 0 Å². The van der Waals surface area contributed by atoms with Gasteiger partial charge in [-0.3, -0.25) is 14.4 Å². The molecule has 0 aliphatic carbocycles. The first-order valence-corrected chi connectivity index (χ1v) is 7.47. The summed E-state index contributed by atoms with van der Waals surface area (Å²) >= 11 is 0. The average Bonchev–Trinajstić information content (AvgIpc) is 2.82. The molecule has 1 aliphatic heterocycles. The quantitative estimate of drug-likeness (QED) is 0.458. The molecule has 0 saturated carbocycles. The zero-order chi connectivity index (χ0) is 16.1. The van der Waals surface area contributed by atoms with Gasteiger partial charge in [-0.25, -0.2) is 4.90 Å². The lowest BCUT2D eigenvalue weighted by molar-refractivity contribution is -0.135. The first kappa shape index (κ1) is 16.2. The summed E-state index contributed by atoms with van der Waals surface area (Å²) in [4.78, 5) is 37.1. The number of para-hydroxylation sites is 1. The van der Waals surface area contributed by atoms with Crippen LogP contribution in [0.2, 0.25) is 0 Å². The summed E-state index contributed by atoms with van der Waals surface area (Å²) in [5.74, 6) is -1.71. The average molecular weight is 303 g/mol. The molecule has 0 unspecified atom stereocenters. The number of hydroxylamine groups is 2. The van der Waals surface area contributed by atoms with Crippen LogP contribution in [0.3, 0.4) is 0 Å². The Morgan fingerprint density at radius 2 is 1.95 bits per heavy atom. The molecular weight excluding hydrogens is 284 g/mol. The number of hydrogen-bond donors (Lipinski definition) is 0. The highest BCUT2D eigenvalue weighted by atomic mass is 16.5. The number of imide groups is 1. The van der Waals surface area contributed by atoms with E-state index in [0.29, 0.717) is 12.1 Å². The Morgan fingerprint density at radius 3 is 2.59 bits per heavy atom. The molecule has 0 aromatic heterocycles. The molecule has 1 saturated heterocycles. The molecule has 1 aliphatic rings. The third kappa shape index (κ3) is 3.33. The van der Waals surface area contributed by atoms with Crippen molar-refractivity contribution in [3.05, 3.63) is 35.5 Å². The van der Waals surface area contributed by atoms with E-state index in [1.165, 1.54) is 0 Å². The standard InChI is InChI=1S/C16H19N2O4/c1-2-3-5-10-14(19)18(22)13-11-15(20)17(16(13)21)12-8-6-4-7-9-12/h4,6-9,13H,2-3,5,10-11H2,1H3/q-1/t13-/m0/s1. The number of nitrogens with zero attached hydrogens (tertiary/aromatic N) is 2. The van der Waals surface area contributed by atoms with Gasteiger partial charge in [-0.15, -0.1) is 0 Å². The van der Waals surface area contributed by atoms with Gasteiger partial charge in [0.05, 0.1) is 12.1 Å². The maximum Gasteiger partial charge on any atom is 0.256 e. The van der Waals surface area contributed by atoms with Gasteiger partial charge in [-0.05, 0) is 18.6 Å². The van der Waals surface area contributed by atoms with E-state index in [1.807, 2.05) is 6.92 Å². The van der Waals surface area contributed by atoms with Gasteiger partial charge in [0.15, 0.2) is 0 Å². The molecule has 1 fully saturated rings. The van der Waals surface area contributed by atoms with Gasteiger partial charge in [0, 0.05) is 6.42 Å². The number of rotatable bonds is 6. The van der Waals surface area contributed by atoms with E-state index >= 15 is 0 Å². The minimum Gasteiger partial charge on any atom is -0.756 e. The van der Waals surface area contributed by atoms with Gasteiger partial charge in [0.25, 0.3) is 5.91 Å². The second-order valence-electron chi connectivity index (χ2n) is 5.30. The number of anilines is 1. The number of amides is 3. The summed E-state index contributed by atoms with van der Waals surface area (Å²) in [6.07, 6.45) is 2.27. The fourth-order valence-corrected chi connectivity index (χ4v) is 2.46. The van der Waals surface area contributed by atoms with E-state index in [2.05, 4.69) is 0 Å². The molecule has 0 spiro atoms. The van der Waals surface area contributed by atoms with E-state index in [-0.39, 0.29) is 17.9 Å². The molecule has 6 heteroatoms. The lowest BCUT2D eigenvalue weighted by Crippen LogP contribution is -2.42. The van der Waals surface area contributed by atoms with E-state index < -0.39 is 23.8 Å². The molecule has 6 nitrogen and oxygen atoms in total. The molecule has 1 heterocycles. The molecule has 0 bridgehead atoms. The Kier molecular flexibility index (Phi) is 5.27. The van der Waals surface area contributed by atoms with Crippen molar-refractivity contribution in [2.75, 3.05) is 4.90 Å². The van der Waals surface area contributed by atoms with Gasteiger partial charge >= 0.3 is 0 Å². The highest BCUT2D eigenvalue weighted by Crippen LogP contribution is 2.25. The molecule has 118 valence electrons. The maximum absolute atomic E-state index is 12.3. The van der Waals surface area contributed by atoms with Crippen LogP contribution in [0.5, 0.6) is 0 Å². The largest absolute Gasteiger partial charge is 0.756 e. The molecule has 1 aromatic carbocycles. The number of benzene rings is 1. The Morgan fingerprint density at radius 1 is 1.27 bits per heavy atom. The van der Waals surface area contributed by atoms with Crippen LogP contribution in [-0.2, 0) is 14.4 Å². The minimum absolute atomic E-state index is 0.112. The van der Waals surface area contributed by atoms with E-state index in [9.17, 15) is 19.6 Å². The van der Waals surface area contributed by atoms with Gasteiger partial charge in [0.2, 0.25) is 11.8 Å². The fourth-order valence-electron chi connectivity index (χ4n) is 2.46. The number of carbonyl (C=O) groups excluding carboxylic acids is 3. The summed E-state index contributed by atoms with van der Waals surface area (Å²) < 4.78 is 0. The van der Waals surface area contributed by atoms with Crippen LogP contribution in [0.4, 0.5) is 5.69 Å². The summed E-state index contributed by atoms with van der Waals surface area (Å²) in [6.45, 7) is 2.00. The smallest absolute Gasteiger partial charge is 0.256 e. The number of unbranched alkanes of at least 4 members (excludes halogenated alkanes) is 2. The summed E-state index contributed by atoms with van der Waals surface area (Å²) in [7, 11) is 0. The van der Waals surface area contributed by atoms with Crippen LogP contribution < -0.4 is 4.90 Å². The van der Waals surface area contributed by atoms with Crippen molar-refractivity contribution in [3.8, 4) is 0 Å².